The Balaban J connectivity index is 1.40. The molecule has 3 N–H and O–H groups in total. The number of benzene rings is 2. The molecular formula is C23H20F6N6O. The van der Waals surface area contributed by atoms with Crippen molar-refractivity contribution in [3.8, 4) is 0 Å². The van der Waals surface area contributed by atoms with Crippen LogP contribution < -0.4 is 20.9 Å². The Morgan fingerprint density at radius 3 is 1.92 bits per heavy atom. The van der Waals surface area contributed by atoms with Crippen LogP contribution in [-0.4, -0.2) is 29.3 Å². The van der Waals surface area contributed by atoms with Gasteiger partial charge in [0.2, 0.25) is 0 Å². The molecule has 0 unspecified atom stereocenters. The summed E-state index contributed by atoms with van der Waals surface area (Å²) < 4.78 is 78.0. The average Bonchev–Trinajstić information content (AvgIpc) is 3.34. The van der Waals surface area contributed by atoms with Crippen LogP contribution in [0.3, 0.4) is 0 Å². The van der Waals surface area contributed by atoms with Gasteiger partial charge < -0.3 is 20.9 Å². The normalized spacial score (nSPS) is 14.0. The van der Waals surface area contributed by atoms with Gasteiger partial charge in [-0.05, 0) is 55.3 Å². The van der Waals surface area contributed by atoms with E-state index in [9.17, 15) is 31.1 Å². The highest BCUT2D eigenvalue weighted by molar-refractivity contribution is 6.00. The second-order valence-corrected chi connectivity index (χ2v) is 8.07. The Hall–Kier alpha value is -4.03. The Morgan fingerprint density at radius 1 is 0.778 bits per heavy atom. The molecule has 7 nitrogen and oxygen atoms in total. The summed E-state index contributed by atoms with van der Waals surface area (Å²) in [6.07, 6.45) is -6.12. The topological polar surface area (TPSA) is 82.2 Å². The maximum atomic E-state index is 13.0. The van der Waals surface area contributed by atoms with E-state index in [-0.39, 0.29) is 11.8 Å². The number of aromatic nitrogens is 2. The molecule has 0 saturated carbocycles. The average molecular weight is 510 g/mol. The summed E-state index contributed by atoms with van der Waals surface area (Å²) in [5.74, 6) is 0.517. The number of urea groups is 1. The van der Waals surface area contributed by atoms with Crippen LogP contribution in [-0.2, 0) is 12.4 Å². The third-order valence-corrected chi connectivity index (χ3v) is 5.37. The van der Waals surface area contributed by atoms with Gasteiger partial charge in [0.1, 0.15) is 0 Å². The Bertz CT molecular complexity index is 1190. The first kappa shape index (κ1) is 25.1. The number of hydrogen-bond acceptors (Lipinski definition) is 5. The molecular weight excluding hydrogens is 490 g/mol. The van der Waals surface area contributed by atoms with Crippen molar-refractivity contribution in [3.63, 3.8) is 0 Å². The Labute approximate surface area is 201 Å². The second kappa shape index (κ2) is 9.91. The van der Waals surface area contributed by atoms with Crippen molar-refractivity contribution in [2.24, 2.45) is 0 Å². The number of halogens is 6. The third-order valence-electron chi connectivity index (χ3n) is 5.37. The van der Waals surface area contributed by atoms with E-state index >= 15 is 0 Å². The van der Waals surface area contributed by atoms with Crippen LogP contribution in [0, 0.1) is 0 Å². The highest BCUT2D eigenvalue weighted by Gasteiger charge is 2.37. The number of anilines is 5. The van der Waals surface area contributed by atoms with Gasteiger partial charge in [0.25, 0.3) is 0 Å². The van der Waals surface area contributed by atoms with Crippen LogP contribution in [0.2, 0.25) is 0 Å². The number of alkyl halides is 6. The van der Waals surface area contributed by atoms with Gasteiger partial charge in [-0.3, -0.25) is 0 Å². The minimum atomic E-state index is -5.02. The van der Waals surface area contributed by atoms with E-state index in [1.54, 1.807) is 18.3 Å². The minimum Gasteiger partial charge on any atom is -0.370 e. The first-order valence-electron chi connectivity index (χ1n) is 10.8. The molecule has 190 valence electrons. The predicted octanol–water partition coefficient (Wildman–Crippen LogP) is 6.50. The molecule has 2 aromatic carbocycles. The number of nitrogens with zero attached hydrogens (tertiary/aromatic N) is 3. The third kappa shape index (κ3) is 6.34. The Morgan fingerprint density at radius 2 is 1.33 bits per heavy atom. The monoisotopic (exact) mass is 510 g/mol. The van der Waals surface area contributed by atoms with Crippen LogP contribution in [0.1, 0.15) is 24.0 Å². The van der Waals surface area contributed by atoms with Crippen LogP contribution in [0.4, 0.5) is 59.7 Å². The van der Waals surface area contributed by atoms with Crippen LogP contribution >= 0.6 is 0 Å². The molecule has 0 bridgehead atoms. The summed E-state index contributed by atoms with van der Waals surface area (Å²) in [5, 5.41) is 15.5. The van der Waals surface area contributed by atoms with Crippen molar-refractivity contribution in [1.29, 1.82) is 0 Å². The molecule has 4 rings (SSSR count). The molecule has 0 radical (unpaired) electrons. The van der Waals surface area contributed by atoms with Gasteiger partial charge in [-0.15, -0.1) is 5.10 Å². The summed E-state index contributed by atoms with van der Waals surface area (Å²) in [4.78, 5) is 14.4. The number of carbonyl (C=O) groups is 1. The fourth-order valence-electron chi connectivity index (χ4n) is 3.67. The summed E-state index contributed by atoms with van der Waals surface area (Å²) >= 11 is 0. The molecule has 1 aliphatic heterocycles. The number of carbonyl (C=O) groups excluding carboxylic acids is 1. The van der Waals surface area contributed by atoms with Gasteiger partial charge in [0.15, 0.2) is 5.82 Å². The minimum absolute atomic E-state index is 0.0139. The van der Waals surface area contributed by atoms with Crippen molar-refractivity contribution in [1.82, 2.24) is 10.2 Å². The lowest BCUT2D eigenvalue weighted by Crippen LogP contribution is -2.20. The first-order valence-corrected chi connectivity index (χ1v) is 10.8. The molecule has 36 heavy (non-hydrogen) atoms. The lowest BCUT2D eigenvalue weighted by atomic mass is 10.1. The summed E-state index contributed by atoms with van der Waals surface area (Å²) in [5.41, 5.74) is -1.87. The Kier molecular flexibility index (Phi) is 6.91. The van der Waals surface area contributed by atoms with Gasteiger partial charge in [-0.2, -0.15) is 31.4 Å². The summed E-state index contributed by atoms with van der Waals surface area (Å²) in [7, 11) is 0. The van der Waals surface area contributed by atoms with E-state index in [0.29, 0.717) is 23.6 Å². The van der Waals surface area contributed by atoms with Crippen molar-refractivity contribution in [2.45, 2.75) is 25.2 Å². The van der Waals surface area contributed by atoms with Gasteiger partial charge in [-0.25, -0.2) is 4.79 Å². The molecule has 0 spiro atoms. The van der Waals surface area contributed by atoms with Crippen molar-refractivity contribution in [2.75, 3.05) is 33.9 Å². The lowest BCUT2D eigenvalue weighted by molar-refractivity contribution is -0.143. The molecule has 1 aliphatic rings. The van der Waals surface area contributed by atoms with E-state index in [4.69, 9.17) is 0 Å². The number of rotatable bonds is 5. The zero-order valence-electron chi connectivity index (χ0n) is 18.5. The van der Waals surface area contributed by atoms with Crippen LogP contribution in [0.5, 0.6) is 0 Å². The molecule has 1 fully saturated rings. The van der Waals surface area contributed by atoms with E-state index in [0.717, 1.165) is 31.6 Å². The largest absolute Gasteiger partial charge is 0.416 e. The quantitative estimate of drug-likeness (QED) is 0.341. The van der Waals surface area contributed by atoms with Gasteiger partial charge in [-0.1, -0.05) is 0 Å². The summed E-state index contributed by atoms with van der Waals surface area (Å²) in [6.45, 7) is 1.90. The van der Waals surface area contributed by atoms with Gasteiger partial charge >= 0.3 is 18.4 Å². The molecule has 0 atom stereocenters. The molecule has 0 aliphatic carbocycles. The maximum absolute atomic E-state index is 13.0. The smallest absolute Gasteiger partial charge is 0.370 e. The highest BCUT2D eigenvalue weighted by Crippen LogP contribution is 2.37. The van der Waals surface area contributed by atoms with E-state index in [2.05, 4.69) is 25.7 Å². The number of nitrogens with one attached hydrogen (secondary N) is 3. The fraction of sp³-hybridized carbons (Fsp3) is 0.261. The van der Waals surface area contributed by atoms with Crippen molar-refractivity contribution < 1.29 is 31.1 Å². The molecule has 3 aromatic rings. The van der Waals surface area contributed by atoms with E-state index in [1.807, 2.05) is 11.4 Å². The standard InChI is InChI=1S/C23H20F6N6O/c24-22(25,26)14-9-15(23(27,28)29)11-18(10-14)33-21(36)32-17-5-3-16(4-6-17)31-20-12-19(13-30-34-20)35-7-1-2-8-35/h3-6,9-13H,1-2,7-8H2,(H,31,34)(H2,32,33,36). The van der Waals surface area contributed by atoms with Crippen LogP contribution in [0.15, 0.2) is 54.7 Å². The van der Waals surface area contributed by atoms with Gasteiger partial charge in [0, 0.05) is 36.2 Å². The molecule has 13 heteroatoms. The first-order chi connectivity index (χ1) is 17.0. The summed E-state index contributed by atoms with van der Waals surface area (Å²) in [6, 6.07) is 7.95. The zero-order valence-corrected chi connectivity index (χ0v) is 18.5. The molecule has 1 aromatic heterocycles. The lowest BCUT2D eigenvalue weighted by Gasteiger charge is -2.17. The van der Waals surface area contributed by atoms with E-state index < -0.39 is 35.2 Å². The second-order valence-electron chi connectivity index (χ2n) is 8.07. The highest BCUT2D eigenvalue weighted by atomic mass is 19.4. The molecule has 2 heterocycles. The van der Waals surface area contributed by atoms with E-state index in [1.165, 1.54) is 12.1 Å². The van der Waals surface area contributed by atoms with Crippen LogP contribution in [0.25, 0.3) is 0 Å². The van der Waals surface area contributed by atoms with Crippen molar-refractivity contribution in [3.05, 3.63) is 65.9 Å². The molecule has 2 amide bonds. The maximum Gasteiger partial charge on any atom is 0.416 e. The predicted molar refractivity (Wildman–Crippen MR) is 122 cm³/mol. The zero-order chi connectivity index (χ0) is 25.9. The number of amides is 2. The van der Waals surface area contributed by atoms with Crippen molar-refractivity contribution >= 4 is 34.6 Å². The van der Waals surface area contributed by atoms with Gasteiger partial charge in [0.05, 0.1) is 23.0 Å². The molecule has 1 saturated heterocycles. The number of hydrogen-bond donors (Lipinski definition) is 3. The fourth-order valence-corrected chi connectivity index (χ4v) is 3.67. The SMILES string of the molecule is O=C(Nc1ccc(Nc2cc(N3CCCC3)cnn2)cc1)Nc1cc(C(F)(F)F)cc(C(F)(F)F)c1.